The molecule has 1 amide bonds. The van der Waals surface area contributed by atoms with Crippen LogP contribution in [0.3, 0.4) is 0 Å². The van der Waals surface area contributed by atoms with Crippen LogP contribution < -0.4 is 4.90 Å². The number of hydrogen-bond donors (Lipinski definition) is 1. The van der Waals surface area contributed by atoms with Crippen molar-refractivity contribution in [2.75, 3.05) is 4.90 Å². The summed E-state index contributed by atoms with van der Waals surface area (Å²) in [6, 6.07) is 7.73. The van der Waals surface area contributed by atoms with Crippen LogP contribution in [-0.4, -0.2) is 28.8 Å². The maximum Gasteiger partial charge on any atom is 0.415 e. The Kier molecular flexibility index (Phi) is 5.13. The van der Waals surface area contributed by atoms with Gasteiger partial charge in [0.1, 0.15) is 11.6 Å². The zero-order valence-electron chi connectivity index (χ0n) is 12.3. The summed E-state index contributed by atoms with van der Waals surface area (Å²) >= 11 is 0. The first-order valence-electron chi connectivity index (χ1n) is 6.56. The summed E-state index contributed by atoms with van der Waals surface area (Å²) in [6.07, 6.45) is -0.360. The van der Waals surface area contributed by atoms with Crippen LogP contribution in [0.5, 0.6) is 0 Å². The van der Waals surface area contributed by atoms with Crippen LogP contribution in [0, 0.1) is 0 Å². The molecule has 20 heavy (non-hydrogen) atoms. The molecule has 1 aromatic carbocycles. The molecule has 1 atom stereocenters. The summed E-state index contributed by atoms with van der Waals surface area (Å²) in [6.45, 7) is 6.96. The lowest BCUT2D eigenvalue weighted by Crippen LogP contribution is -2.47. The van der Waals surface area contributed by atoms with Gasteiger partial charge in [0.05, 0.1) is 0 Å². The highest BCUT2D eigenvalue weighted by molar-refractivity contribution is 5.95. The third-order valence-electron chi connectivity index (χ3n) is 2.61. The minimum Gasteiger partial charge on any atom is -0.480 e. The molecule has 1 aromatic rings. The van der Waals surface area contributed by atoms with Gasteiger partial charge in [-0.25, -0.2) is 9.59 Å². The summed E-state index contributed by atoms with van der Waals surface area (Å²) in [4.78, 5) is 24.9. The minimum atomic E-state index is -1.05. The summed E-state index contributed by atoms with van der Waals surface area (Å²) in [5, 5.41) is 9.30. The number of anilines is 1. The third-order valence-corrected chi connectivity index (χ3v) is 2.61. The van der Waals surface area contributed by atoms with Crippen LogP contribution in [-0.2, 0) is 9.53 Å². The van der Waals surface area contributed by atoms with Crippen molar-refractivity contribution in [2.45, 2.75) is 45.8 Å². The second-order valence-electron chi connectivity index (χ2n) is 5.45. The Morgan fingerprint density at radius 1 is 1.25 bits per heavy atom. The van der Waals surface area contributed by atoms with Gasteiger partial charge in [-0.15, -0.1) is 0 Å². The molecular formula is C15H21NO4. The Hall–Kier alpha value is -2.04. The number of carboxylic acid groups (broad SMARTS) is 1. The van der Waals surface area contributed by atoms with E-state index in [1.54, 1.807) is 58.0 Å². The van der Waals surface area contributed by atoms with E-state index in [4.69, 9.17) is 4.74 Å². The lowest BCUT2D eigenvalue weighted by Gasteiger charge is -2.31. The molecule has 0 saturated heterocycles. The van der Waals surface area contributed by atoms with Crippen LogP contribution in [0.4, 0.5) is 10.5 Å². The fraction of sp³-hybridized carbons (Fsp3) is 0.467. The highest BCUT2D eigenvalue weighted by Gasteiger charge is 2.32. The van der Waals surface area contributed by atoms with Crippen LogP contribution in [0.2, 0.25) is 0 Å². The quantitative estimate of drug-likeness (QED) is 0.918. The Bertz CT molecular complexity index is 465. The van der Waals surface area contributed by atoms with E-state index < -0.39 is 23.7 Å². The van der Waals surface area contributed by atoms with E-state index in [2.05, 4.69) is 0 Å². The number of benzene rings is 1. The largest absolute Gasteiger partial charge is 0.480 e. The fourth-order valence-corrected chi connectivity index (χ4v) is 1.78. The predicted molar refractivity (Wildman–Crippen MR) is 76.9 cm³/mol. The summed E-state index contributed by atoms with van der Waals surface area (Å²) in [5.74, 6) is -1.05. The zero-order valence-corrected chi connectivity index (χ0v) is 12.3. The Morgan fingerprint density at radius 3 is 2.20 bits per heavy atom. The van der Waals surface area contributed by atoms with Crippen molar-refractivity contribution in [1.29, 1.82) is 0 Å². The highest BCUT2D eigenvalue weighted by atomic mass is 16.6. The first-order valence-corrected chi connectivity index (χ1v) is 6.56. The monoisotopic (exact) mass is 279 g/mol. The number of ether oxygens (including phenoxy) is 1. The van der Waals surface area contributed by atoms with Gasteiger partial charge in [0.15, 0.2) is 0 Å². The second kappa shape index (κ2) is 6.41. The van der Waals surface area contributed by atoms with Crippen molar-refractivity contribution in [1.82, 2.24) is 0 Å². The molecule has 0 fully saturated rings. The number of carbonyl (C=O) groups is 2. The molecule has 1 N–H and O–H groups in total. The lowest BCUT2D eigenvalue weighted by atomic mass is 10.1. The van der Waals surface area contributed by atoms with Crippen LogP contribution in [0.1, 0.15) is 34.1 Å². The number of hydrogen-bond acceptors (Lipinski definition) is 3. The molecule has 110 valence electrons. The van der Waals surface area contributed by atoms with Gasteiger partial charge in [-0.1, -0.05) is 25.1 Å². The molecule has 1 unspecified atom stereocenters. The molecule has 0 saturated carbocycles. The van der Waals surface area contributed by atoms with Crippen molar-refractivity contribution >= 4 is 17.7 Å². The molecule has 0 bridgehead atoms. The van der Waals surface area contributed by atoms with Crippen molar-refractivity contribution in [3.8, 4) is 0 Å². The normalized spacial score (nSPS) is 12.6. The van der Waals surface area contributed by atoms with Crippen LogP contribution in [0.15, 0.2) is 30.3 Å². The minimum absolute atomic E-state index is 0.295. The lowest BCUT2D eigenvalue weighted by molar-refractivity contribution is -0.138. The van der Waals surface area contributed by atoms with Gasteiger partial charge in [-0.2, -0.15) is 0 Å². The average Bonchev–Trinajstić information content (AvgIpc) is 2.33. The van der Waals surface area contributed by atoms with E-state index in [9.17, 15) is 14.7 Å². The number of carboxylic acids is 1. The van der Waals surface area contributed by atoms with Crippen LogP contribution in [0.25, 0.3) is 0 Å². The molecule has 0 aliphatic rings. The van der Waals surface area contributed by atoms with E-state index in [-0.39, 0.29) is 0 Å². The van der Waals surface area contributed by atoms with Gasteiger partial charge < -0.3 is 9.84 Å². The Labute approximate surface area is 119 Å². The van der Waals surface area contributed by atoms with E-state index in [1.165, 1.54) is 4.90 Å². The smallest absolute Gasteiger partial charge is 0.415 e. The second-order valence-corrected chi connectivity index (χ2v) is 5.45. The number of aliphatic carboxylic acids is 1. The molecule has 0 aromatic heterocycles. The fourth-order valence-electron chi connectivity index (χ4n) is 1.78. The molecule has 0 spiro atoms. The van der Waals surface area contributed by atoms with Gasteiger partial charge in [-0.3, -0.25) is 4.90 Å². The number of amides is 1. The Balaban J connectivity index is 3.14. The van der Waals surface area contributed by atoms with Gasteiger partial charge in [0, 0.05) is 5.69 Å². The van der Waals surface area contributed by atoms with Gasteiger partial charge in [0.25, 0.3) is 0 Å². The van der Waals surface area contributed by atoms with E-state index in [0.29, 0.717) is 12.1 Å². The summed E-state index contributed by atoms with van der Waals surface area (Å²) < 4.78 is 5.31. The molecule has 0 aliphatic heterocycles. The number of rotatable bonds is 4. The number of para-hydroxylation sites is 1. The molecule has 5 heteroatoms. The predicted octanol–water partition coefficient (Wildman–Crippen LogP) is 3.29. The maximum absolute atomic E-state index is 12.3. The van der Waals surface area contributed by atoms with Crippen molar-refractivity contribution < 1.29 is 19.4 Å². The standard InChI is InChI=1S/C15H21NO4/c1-5-12(13(17)18)16(11-9-7-6-8-10-11)14(19)20-15(2,3)4/h6-10,12H,5H2,1-4H3,(H,17,18). The van der Waals surface area contributed by atoms with E-state index >= 15 is 0 Å². The average molecular weight is 279 g/mol. The van der Waals surface area contributed by atoms with Gasteiger partial charge in [-0.05, 0) is 39.3 Å². The Morgan fingerprint density at radius 2 is 1.80 bits per heavy atom. The molecular weight excluding hydrogens is 258 g/mol. The topological polar surface area (TPSA) is 66.8 Å². The zero-order chi connectivity index (χ0) is 15.3. The SMILES string of the molecule is CCC(C(=O)O)N(C(=O)OC(C)(C)C)c1ccccc1. The van der Waals surface area contributed by atoms with Crippen LogP contribution >= 0.6 is 0 Å². The molecule has 0 radical (unpaired) electrons. The molecule has 0 heterocycles. The third kappa shape index (κ3) is 4.26. The van der Waals surface area contributed by atoms with E-state index in [0.717, 1.165) is 0 Å². The highest BCUT2D eigenvalue weighted by Crippen LogP contribution is 2.22. The van der Waals surface area contributed by atoms with Crippen molar-refractivity contribution in [3.05, 3.63) is 30.3 Å². The molecule has 0 aliphatic carbocycles. The first-order chi connectivity index (χ1) is 9.26. The summed E-state index contributed by atoms with van der Waals surface area (Å²) in [5.41, 5.74) is -0.169. The van der Waals surface area contributed by atoms with Gasteiger partial charge >= 0.3 is 12.1 Å². The summed E-state index contributed by atoms with van der Waals surface area (Å²) in [7, 11) is 0. The van der Waals surface area contributed by atoms with E-state index in [1.807, 2.05) is 0 Å². The number of nitrogens with zero attached hydrogens (tertiary/aromatic N) is 1. The first kappa shape index (κ1) is 16.0. The molecule has 1 rings (SSSR count). The van der Waals surface area contributed by atoms with Gasteiger partial charge in [0.2, 0.25) is 0 Å². The van der Waals surface area contributed by atoms with Crippen molar-refractivity contribution in [2.24, 2.45) is 0 Å². The molecule has 5 nitrogen and oxygen atoms in total. The maximum atomic E-state index is 12.3. The van der Waals surface area contributed by atoms with Crippen molar-refractivity contribution in [3.63, 3.8) is 0 Å². The number of carbonyl (C=O) groups excluding carboxylic acids is 1.